The molecule has 0 unspecified atom stereocenters. The zero-order valence-electron chi connectivity index (χ0n) is 12.1. The van der Waals surface area contributed by atoms with Gasteiger partial charge in [-0.05, 0) is 43.3 Å². The minimum absolute atomic E-state index is 0.166. The molecule has 0 atom stereocenters. The van der Waals surface area contributed by atoms with Crippen molar-refractivity contribution in [1.82, 2.24) is 4.98 Å². The van der Waals surface area contributed by atoms with Gasteiger partial charge >= 0.3 is 0 Å². The van der Waals surface area contributed by atoms with Crippen LogP contribution in [0, 0.1) is 6.92 Å². The summed E-state index contributed by atoms with van der Waals surface area (Å²) in [6, 6.07) is 13.9. The molecule has 0 bridgehead atoms. The standard InChI is InChI=1S/C17H12Cl2N2O2/c1-10-4-2-7-15(20-10)21-17(22)14-9-8-13(23-14)11-5-3-6-12(18)16(11)19/h2-9H,1H3,(H,20,21,22). The predicted octanol–water partition coefficient (Wildman–Crippen LogP) is 5.21. The molecule has 0 saturated carbocycles. The zero-order valence-corrected chi connectivity index (χ0v) is 13.7. The van der Waals surface area contributed by atoms with Crippen molar-refractivity contribution in [1.29, 1.82) is 0 Å². The van der Waals surface area contributed by atoms with E-state index in [0.29, 0.717) is 27.2 Å². The first-order valence-corrected chi connectivity index (χ1v) is 7.59. The molecule has 23 heavy (non-hydrogen) atoms. The number of anilines is 1. The molecule has 0 radical (unpaired) electrons. The summed E-state index contributed by atoms with van der Waals surface area (Å²) < 4.78 is 5.59. The third-order valence-corrected chi connectivity index (χ3v) is 4.00. The Balaban J connectivity index is 1.84. The highest BCUT2D eigenvalue weighted by Crippen LogP contribution is 2.34. The normalized spacial score (nSPS) is 10.6. The predicted molar refractivity (Wildman–Crippen MR) is 91.1 cm³/mol. The van der Waals surface area contributed by atoms with Crippen LogP contribution >= 0.6 is 23.2 Å². The summed E-state index contributed by atoms with van der Waals surface area (Å²) in [5.74, 6) is 0.723. The summed E-state index contributed by atoms with van der Waals surface area (Å²) in [6.45, 7) is 1.85. The van der Waals surface area contributed by atoms with Crippen LogP contribution in [-0.2, 0) is 0 Å². The summed E-state index contributed by atoms with van der Waals surface area (Å²) >= 11 is 12.2. The number of aromatic nitrogens is 1. The number of nitrogens with zero attached hydrogens (tertiary/aromatic N) is 1. The number of rotatable bonds is 3. The van der Waals surface area contributed by atoms with Gasteiger partial charge < -0.3 is 9.73 Å². The topological polar surface area (TPSA) is 55.1 Å². The van der Waals surface area contributed by atoms with Crippen LogP contribution in [0.25, 0.3) is 11.3 Å². The van der Waals surface area contributed by atoms with E-state index in [0.717, 1.165) is 5.69 Å². The van der Waals surface area contributed by atoms with E-state index >= 15 is 0 Å². The highest BCUT2D eigenvalue weighted by molar-refractivity contribution is 6.43. The van der Waals surface area contributed by atoms with Crippen LogP contribution in [0.2, 0.25) is 10.0 Å². The van der Waals surface area contributed by atoms with E-state index < -0.39 is 0 Å². The van der Waals surface area contributed by atoms with E-state index in [4.69, 9.17) is 27.6 Å². The molecule has 6 heteroatoms. The second kappa shape index (κ2) is 6.44. The van der Waals surface area contributed by atoms with E-state index in [1.807, 2.05) is 19.1 Å². The van der Waals surface area contributed by atoms with Crippen LogP contribution in [0.15, 0.2) is 52.9 Å². The second-order valence-corrected chi connectivity index (χ2v) is 5.67. The summed E-state index contributed by atoms with van der Waals surface area (Å²) in [4.78, 5) is 16.4. The maximum Gasteiger partial charge on any atom is 0.292 e. The van der Waals surface area contributed by atoms with Gasteiger partial charge in [-0.2, -0.15) is 0 Å². The zero-order chi connectivity index (χ0) is 16.4. The van der Waals surface area contributed by atoms with E-state index in [1.165, 1.54) is 0 Å². The molecular weight excluding hydrogens is 335 g/mol. The van der Waals surface area contributed by atoms with Gasteiger partial charge in [0.25, 0.3) is 5.91 Å². The number of furan rings is 1. The molecule has 1 aromatic carbocycles. The molecular formula is C17H12Cl2N2O2. The molecule has 116 valence electrons. The largest absolute Gasteiger partial charge is 0.451 e. The molecule has 1 N–H and O–H groups in total. The van der Waals surface area contributed by atoms with Crippen molar-refractivity contribution in [2.45, 2.75) is 6.92 Å². The lowest BCUT2D eigenvalue weighted by atomic mass is 10.2. The molecule has 0 saturated heterocycles. The second-order valence-electron chi connectivity index (χ2n) is 4.88. The van der Waals surface area contributed by atoms with Gasteiger partial charge in [-0.1, -0.05) is 35.3 Å². The van der Waals surface area contributed by atoms with Crippen LogP contribution in [0.5, 0.6) is 0 Å². The average Bonchev–Trinajstić information content (AvgIpc) is 3.00. The number of carbonyl (C=O) groups excluding carboxylic acids is 1. The Kier molecular flexibility index (Phi) is 4.37. The van der Waals surface area contributed by atoms with Crippen molar-refractivity contribution >= 4 is 34.9 Å². The van der Waals surface area contributed by atoms with Crippen LogP contribution in [0.4, 0.5) is 5.82 Å². The Bertz CT molecular complexity index is 875. The Labute approximate surface area is 143 Å². The summed E-state index contributed by atoms with van der Waals surface area (Å²) in [7, 11) is 0. The minimum Gasteiger partial charge on any atom is -0.451 e. The number of pyridine rings is 1. The molecule has 0 spiro atoms. The smallest absolute Gasteiger partial charge is 0.292 e. The van der Waals surface area contributed by atoms with Crippen molar-refractivity contribution in [3.05, 3.63) is 70.0 Å². The quantitative estimate of drug-likeness (QED) is 0.708. The Morgan fingerprint density at radius 3 is 2.65 bits per heavy atom. The molecule has 4 nitrogen and oxygen atoms in total. The van der Waals surface area contributed by atoms with Crippen molar-refractivity contribution in [2.75, 3.05) is 5.32 Å². The van der Waals surface area contributed by atoms with Gasteiger partial charge in [0, 0.05) is 11.3 Å². The number of carbonyl (C=O) groups is 1. The van der Waals surface area contributed by atoms with Crippen LogP contribution in [-0.4, -0.2) is 10.9 Å². The number of nitrogens with one attached hydrogen (secondary N) is 1. The molecule has 3 aromatic rings. The fourth-order valence-corrected chi connectivity index (χ4v) is 2.48. The molecule has 0 aliphatic rings. The average molecular weight is 347 g/mol. The van der Waals surface area contributed by atoms with Gasteiger partial charge in [0.1, 0.15) is 11.6 Å². The molecule has 1 amide bonds. The number of halogens is 2. The van der Waals surface area contributed by atoms with Gasteiger partial charge in [-0.25, -0.2) is 4.98 Å². The fourth-order valence-electron chi connectivity index (χ4n) is 2.09. The molecule has 3 rings (SSSR count). The van der Waals surface area contributed by atoms with Gasteiger partial charge in [0.2, 0.25) is 0 Å². The highest BCUT2D eigenvalue weighted by atomic mass is 35.5. The number of benzene rings is 1. The maximum atomic E-state index is 12.2. The van der Waals surface area contributed by atoms with E-state index in [9.17, 15) is 4.79 Å². The Morgan fingerprint density at radius 2 is 1.87 bits per heavy atom. The van der Waals surface area contributed by atoms with Crippen molar-refractivity contribution < 1.29 is 9.21 Å². The third kappa shape index (κ3) is 3.38. The van der Waals surface area contributed by atoms with Crippen LogP contribution in [0.1, 0.15) is 16.2 Å². The Hall–Kier alpha value is -2.30. The van der Waals surface area contributed by atoms with Crippen molar-refractivity contribution in [3.63, 3.8) is 0 Å². The first-order chi connectivity index (χ1) is 11.0. The summed E-state index contributed by atoms with van der Waals surface area (Å²) in [5.41, 5.74) is 1.44. The molecule has 2 aromatic heterocycles. The third-order valence-electron chi connectivity index (χ3n) is 3.18. The number of hydrogen-bond donors (Lipinski definition) is 1. The number of amides is 1. The summed E-state index contributed by atoms with van der Waals surface area (Å²) in [6.07, 6.45) is 0. The van der Waals surface area contributed by atoms with Gasteiger partial charge in [0.15, 0.2) is 5.76 Å². The van der Waals surface area contributed by atoms with E-state index in [1.54, 1.807) is 36.4 Å². The van der Waals surface area contributed by atoms with Crippen LogP contribution < -0.4 is 5.32 Å². The van der Waals surface area contributed by atoms with Crippen LogP contribution in [0.3, 0.4) is 0 Å². The van der Waals surface area contributed by atoms with Gasteiger partial charge in [0.05, 0.1) is 10.0 Å². The number of aryl methyl sites for hydroxylation is 1. The van der Waals surface area contributed by atoms with Crippen molar-refractivity contribution in [3.8, 4) is 11.3 Å². The molecule has 0 aliphatic carbocycles. The lowest BCUT2D eigenvalue weighted by molar-refractivity contribution is 0.0997. The lowest BCUT2D eigenvalue weighted by Crippen LogP contribution is -2.12. The molecule has 0 fully saturated rings. The summed E-state index contributed by atoms with van der Waals surface area (Å²) in [5, 5.41) is 3.50. The SMILES string of the molecule is Cc1cccc(NC(=O)c2ccc(-c3cccc(Cl)c3Cl)o2)n1. The fraction of sp³-hybridized carbons (Fsp3) is 0.0588. The first-order valence-electron chi connectivity index (χ1n) is 6.84. The minimum atomic E-state index is -0.382. The number of hydrogen-bond acceptors (Lipinski definition) is 3. The van der Waals surface area contributed by atoms with E-state index in [2.05, 4.69) is 10.3 Å². The highest BCUT2D eigenvalue weighted by Gasteiger charge is 2.15. The van der Waals surface area contributed by atoms with E-state index in [-0.39, 0.29) is 11.7 Å². The monoisotopic (exact) mass is 346 g/mol. The maximum absolute atomic E-state index is 12.2. The first kappa shape index (κ1) is 15.6. The van der Waals surface area contributed by atoms with Crippen molar-refractivity contribution in [2.24, 2.45) is 0 Å². The van der Waals surface area contributed by atoms with Gasteiger partial charge in [-0.15, -0.1) is 0 Å². The molecule has 2 heterocycles. The lowest BCUT2D eigenvalue weighted by Gasteiger charge is -2.04. The Morgan fingerprint density at radius 1 is 1.09 bits per heavy atom. The van der Waals surface area contributed by atoms with Gasteiger partial charge in [-0.3, -0.25) is 4.79 Å². The molecule has 0 aliphatic heterocycles.